The van der Waals surface area contributed by atoms with Crippen molar-refractivity contribution in [1.29, 1.82) is 0 Å². The van der Waals surface area contributed by atoms with Crippen LogP contribution in [0, 0.1) is 0 Å². The minimum Gasteiger partial charge on any atom is -0.341 e. The number of nitrogens with one attached hydrogen (secondary N) is 1. The molecule has 2 heterocycles. The van der Waals surface area contributed by atoms with Gasteiger partial charge in [-0.1, -0.05) is 6.07 Å². The molecule has 92 valence electrons. The predicted octanol–water partition coefficient (Wildman–Crippen LogP) is 1.36. The van der Waals surface area contributed by atoms with E-state index in [0.29, 0.717) is 6.42 Å². The zero-order valence-electron chi connectivity index (χ0n) is 9.60. The summed E-state index contributed by atoms with van der Waals surface area (Å²) in [5.74, 6) is 0.0846. The molecule has 1 aliphatic heterocycles. The number of pyridine rings is 1. The van der Waals surface area contributed by atoms with Crippen molar-refractivity contribution in [3.63, 3.8) is 0 Å². The molecule has 4 nitrogen and oxygen atoms in total. The third kappa shape index (κ3) is 3.17. The smallest absolute Gasteiger partial charge is 0.241 e. The molecule has 0 bridgehead atoms. The molecule has 1 saturated heterocycles. The monoisotopic (exact) mass is 253 g/mol. The third-order valence-corrected chi connectivity index (χ3v) is 3.27. The first-order chi connectivity index (χ1) is 8.31. The van der Waals surface area contributed by atoms with E-state index in [1.807, 2.05) is 17.0 Å². The van der Waals surface area contributed by atoms with E-state index in [2.05, 4.69) is 9.82 Å². The zero-order chi connectivity index (χ0) is 12.1. The maximum Gasteiger partial charge on any atom is 0.241 e. The SMILES string of the molecule is O=C([C@H](Cc1cccnc1)NCl)N1CCCC1. The first-order valence-electron chi connectivity index (χ1n) is 5.85. The molecule has 1 aromatic rings. The Morgan fingerprint density at radius 3 is 2.88 bits per heavy atom. The largest absolute Gasteiger partial charge is 0.341 e. The summed E-state index contributed by atoms with van der Waals surface area (Å²) in [7, 11) is 0. The van der Waals surface area contributed by atoms with Gasteiger partial charge in [-0.05, 0) is 42.7 Å². The number of carbonyl (C=O) groups excluding carboxylic acids is 1. The second-order valence-electron chi connectivity index (χ2n) is 4.26. The number of nitrogens with zero attached hydrogens (tertiary/aromatic N) is 2. The van der Waals surface area contributed by atoms with Gasteiger partial charge in [0.1, 0.15) is 6.04 Å². The first-order valence-corrected chi connectivity index (χ1v) is 6.23. The van der Waals surface area contributed by atoms with Gasteiger partial charge in [-0.2, -0.15) is 0 Å². The highest BCUT2D eigenvalue weighted by Crippen LogP contribution is 2.12. The predicted molar refractivity (Wildman–Crippen MR) is 66.5 cm³/mol. The van der Waals surface area contributed by atoms with Crippen LogP contribution in [0.1, 0.15) is 18.4 Å². The lowest BCUT2D eigenvalue weighted by Crippen LogP contribution is -2.43. The summed E-state index contributed by atoms with van der Waals surface area (Å²) in [6, 6.07) is 3.45. The molecule has 1 amide bonds. The molecule has 1 aliphatic rings. The molecule has 0 saturated carbocycles. The van der Waals surface area contributed by atoms with Crippen molar-refractivity contribution in [3.8, 4) is 0 Å². The van der Waals surface area contributed by atoms with Crippen molar-refractivity contribution in [2.24, 2.45) is 0 Å². The molecule has 17 heavy (non-hydrogen) atoms. The molecule has 1 fully saturated rings. The van der Waals surface area contributed by atoms with Crippen molar-refractivity contribution in [2.75, 3.05) is 13.1 Å². The molecule has 1 aromatic heterocycles. The van der Waals surface area contributed by atoms with Crippen molar-refractivity contribution in [3.05, 3.63) is 30.1 Å². The van der Waals surface area contributed by atoms with E-state index in [9.17, 15) is 4.79 Å². The summed E-state index contributed by atoms with van der Waals surface area (Å²) in [6.45, 7) is 1.70. The molecule has 0 spiro atoms. The summed E-state index contributed by atoms with van der Waals surface area (Å²) < 4.78 is 0. The Morgan fingerprint density at radius 2 is 2.29 bits per heavy atom. The standard InChI is InChI=1S/C12H16ClN3O/c13-15-11(8-10-4-3-5-14-9-10)12(17)16-6-1-2-7-16/h3-5,9,11,15H,1-2,6-8H2/t11-/m0/s1. The number of carbonyl (C=O) groups is 1. The van der Waals surface area contributed by atoms with Crippen LogP contribution in [0.2, 0.25) is 0 Å². The van der Waals surface area contributed by atoms with E-state index in [1.165, 1.54) is 0 Å². The lowest BCUT2D eigenvalue weighted by atomic mass is 10.1. The van der Waals surface area contributed by atoms with Gasteiger partial charge in [0.05, 0.1) is 0 Å². The van der Waals surface area contributed by atoms with Gasteiger partial charge in [0.2, 0.25) is 5.91 Å². The zero-order valence-corrected chi connectivity index (χ0v) is 10.4. The van der Waals surface area contributed by atoms with Crippen LogP contribution >= 0.6 is 11.8 Å². The van der Waals surface area contributed by atoms with Crippen LogP contribution in [-0.2, 0) is 11.2 Å². The van der Waals surface area contributed by atoms with E-state index in [1.54, 1.807) is 12.4 Å². The van der Waals surface area contributed by atoms with Gasteiger partial charge in [-0.15, -0.1) is 0 Å². The summed E-state index contributed by atoms with van der Waals surface area (Å²) in [5, 5.41) is 0. The van der Waals surface area contributed by atoms with Crippen molar-refractivity contribution in [1.82, 2.24) is 14.7 Å². The molecule has 0 unspecified atom stereocenters. The minimum atomic E-state index is -0.362. The van der Waals surface area contributed by atoms with E-state index in [0.717, 1.165) is 31.5 Å². The molecule has 2 rings (SSSR count). The second-order valence-corrected chi connectivity index (χ2v) is 4.48. The number of amides is 1. The third-order valence-electron chi connectivity index (χ3n) is 3.01. The fourth-order valence-corrected chi connectivity index (χ4v) is 2.26. The van der Waals surface area contributed by atoms with Crippen LogP contribution in [0.25, 0.3) is 0 Å². The maximum atomic E-state index is 12.1. The second kappa shape index (κ2) is 5.98. The lowest BCUT2D eigenvalue weighted by molar-refractivity contribution is -0.131. The number of hydrogen-bond donors (Lipinski definition) is 1. The molecule has 0 radical (unpaired) electrons. The van der Waals surface area contributed by atoms with Gasteiger partial charge in [-0.3, -0.25) is 9.78 Å². The minimum absolute atomic E-state index is 0.0846. The van der Waals surface area contributed by atoms with Crippen LogP contribution in [-0.4, -0.2) is 34.9 Å². The summed E-state index contributed by atoms with van der Waals surface area (Å²) in [5.41, 5.74) is 1.01. The lowest BCUT2D eigenvalue weighted by Gasteiger charge is -2.21. The fourth-order valence-electron chi connectivity index (χ4n) is 2.09. The fraction of sp³-hybridized carbons (Fsp3) is 0.500. The van der Waals surface area contributed by atoms with E-state index >= 15 is 0 Å². The van der Waals surface area contributed by atoms with E-state index < -0.39 is 0 Å². The Bertz CT molecular complexity index is 365. The number of rotatable bonds is 4. The van der Waals surface area contributed by atoms with Crippen LogP contribution in [0.5, 0.6) is 0 Å². The molecule has 0 aliphatic carbocycles. The summed E-state index contributed by atoms with van der Waals surface area (Å²) >= 11 is 5.67. The topological polar surface area (TPSA) is 45.2 Å². The van der Waals surface area contributed by atoms with Gasteiger partial charge in [0.15, 0.2) is 0 Å². The van der Waals surface area contributed by atoms with Crippen LogP contribution in [0.3, 0.4) is 0 Å². The highest BCUT2D eigenvalue weighted by atomic mass is 35.5. The maximum absolute atomic E-state index is 12.1. The summed E-state index contributed by atoms with van der Waals surface area (Å²) in [4.78, 5) is 20.6. The average Bonchev–Trinajstić information content (AvgIpc) is 2.90. The van der Waals surface area contributed by atoms with Gasteiger partial charge in [-0.25, -0.2) is 4.84 Å². The van der Waals surface area contributed by atoms with Gasteiger partial charge in [0, 0.05) is 25.5 Å². The van der Waals surface area contributed by atoms with Crippen LogP contribution < -0.4 is 4.84 Å². The Balaban J connectivity index is 1.98. The normalized spacial score (nSPS) is 17.1. The van der Waals surface area contributed by atoms with Gasteiger partial charge in [0.25, 0.3) is 0 Å². The van der Waals surface area contributed by atoms with Crippen molar-refractivity contribution in [2.45, 2.75) is 25.3 Å². The van der Waals surface area contributed by atoms with Crippen LogP contribution in [0.4, 0.5) is 0 Å². The van der Waals surface area contributed by atoms with Crippen LogP contribution in [0.15, 0.2) is 24.5 Å². The number of halogens is 1. The molecule has 0 aromatic carbocycles. The number of aromatic nitrogens is 1. The number of hydrogen-bond acceptors (Lipinski definition) is 3. The molecule has 1 atom stereocenters. The Morgan fingerprint density at radius 1 is 1.53 bits per heavy atom. The quantitative estimate of drug-likeness (QED) is 0.825. The van der Waals surface area contributed by atoms with Gasteiger partial charge < -0.3 is 4.90 Å². The average molecular weight is 254 g/mol. The van der Waals surface area contributed by atoms with Crippen molar-refractivity contribution < 1.29 is 4.79 Å². The molecule has 1 N–H and O–H groups in total. The first kappa shape index (κ1) is 12.3. The Kier molecular flexibility index (Phi) is 4.34. The Hall–Kier alpha value is -1.13. The highest BCUT2D eigenvalue weighted by molar-refractivity contribution is 6.15. The molecular formula is C12H16ClN3O. The highest BCUT2D eigenvalue weighted by Gasteiger charge is 2.25. The van der Waals surface area contributed by atoms with E-state index in [-0.39, 0.29) is 11.9 Å². The van der Waals surface area contributed by atoms with Crippen molar-refractivity contribution >= 4 is 17.7 Å². The molecular weight excluding hydrogens is 238 g/mol. The molecule has 5 heteroatoms. The van der Waals surface area contributed by atoms with E-state index in [4.69, 9.17) is 11.8 Å². The Labute approximate surface area is 106 Å². The summed E-state index contributed by atoms with van der Waals surface area (Å²) in [6.07, 6.45) is 6.24. The van der Waals surface area contributed by atoms with Gasteiger partial charge >= 0.3 is 0 Å². The number of likely N-dealkylation sites (tertiary alicyclic amines) is 1.